The average molecular weight is 372 g/mol. The van der Waals surface area contributed by atoms with Gasteiger partial charge < -0.3 is 20.1 Å². The summed E-state index contributed by atoms with van der Waals surface area (Å²) >= 11 is 1.63. The van der Waals surface area contributed by atoms with Gasteiger partial charge in [-0.3, -0.25) is 4.79 Å². The second-order valence-corrected chi connectivity index (χ2v) is 8.82. The third-order valence-electron chi connectivity index (χ3n) is 4.65. The molecule has 2 aliphatic heterocycles. The van der Waals surface area contributed by atoms with Crippen LogP contribution < -0.4 is 15.4 Å². The van der Waals surface area contributed by atoms with E-state index in [1.807, 2.05) is 38.1 Å². The first kappa shape index (κ1) is 17.4. The van der Waals surface area contributed by atoms with E-state index < -0.39 is 0 Å². The zero-order valence-corrected chi connectivity index (χ0v) is 16.3. The maximum atomic E-state index is 12.8. The second-order valence-electron chi connectivity index (χ2n) is 7.72. The van der Waals surface area contributed by atoms with Crippen molar-refractivity contribution in [1.29, 1.82) is 0 Å². The van der Waals surface area contributed by atoms with Crippen LogP contribution in [0, 0.1) is 0 Å². The van der Waals surface area contributed by atoms with Crippen LogP contribution in [0.25, 0.3) is 0 Å². The summed E-state index contributed by atoms with van der Waals surface area (Å²) in [5.41, 5.74) is 2.69. The maximum Gasteiger partial charge on any atom is 0.256 e. The van der Waals surface area contributed by atoms with E-state index >= 15 is 0 Å². The molecule has 1 atom stereocenters. The molecule has 0 bridgehead atoms. The molecule has 0 aliphatic carbocycles. The van der Waals surface area contributed by atoms with Gasteiger partial charge in [0.05, 0.1) is 23.9 Å². The number of thiophene rings is 1. The Labute approximate surface area is 157 Å². The maximum absolute atomic E-state index is 12.8. The van der Waals surface area contributed by atoms with Crippen molar-refractivity contribution in [3.8, 4) is 5.75 Å². The summed E-state index contributed by atoms with van der Waals surface area (Å²) in [6, 6.07) is 7.85. The first-order chi connectivity index (χ1) is 12.3. The fraction of sp³-hybridized carbons (Fsp3) is 0.450. The number of benzene rings is 1. The molecular formula is C20H24N2O3S. The van der Waals surface area contributed by atoms with E-state index in [2.05, 4.69) is 24.5 Å². The average Bonchev–Trinajstić information content (AvgIpc) is 2.92. The van der Waals surface area contributed by atoms with Crippen molar-refractivity contribution >= 4 is 22.2 Å². The Kier molecular flexibility index (Phi) is 4.20. The number of carbonyl (C=O) groups is 1. The van der Waals surface area contributed by atoms with Crippen molar-refractivity contribution in [3.05, 3.63) is 45.8 Å². The lowest BCUT2D eigenvalue weighted by molar-refractivity contribution is -0.0383. The quantitative estimate of drug-likeness (QED) is 0.846. The molecule has 138 valence electrons. The zero-order valence-electron chi connectivity index (χ0n) is 15.5. The van der Waals surface area contributed by atoms with Gasteiger partial charge >= 0.3 is 0 Å². The summed E-state index contributed by atoms with van der Waals surface area (Å²) in [4.78, 5) is 14.0. The molecule has 0 spiro atoms. The van der Waals surface area contributed by atoms with Crippen LogP contribution in [-0.4, -0.2) is 17.6 Å². The van der Waals surface area contributed by atoms with Gasteiger partial charge in [-0.25, -0.2) is 0 Å². The highest BCUT2D eigenvalue weighted by Crippen LogP contribution is 2.43. The predicted molar refractivity (Wildman–Crippen MR) is 103 cm³/mol. The lowest BCUT2D eigenvalue weighted by Crippen LogP contribution is -2.39. The zero-order chi connectivity index (χ0) is 18.5. The Bertz CT molecular complexity index is 839. The molecule has 6 heteroatoms. The third-order valence-corrected chi connectivity index (χ3v) is 5.79. The molecule has 5 nitrogen and oxygen atoms in total. The Morgan fingerprint density at radius 3 is 2.65 bits per heavy atom. The first-order valence-corrected chi connectivity index (χ1v) is 9.76. The van der Waals surface area contributed by atoms with Gasteiger partial charge in [0.15, 0.2) is 0 Å². The minimum absolute atomic E-state index is 0.0125. The molecule has 1 aromatic heterocycles. The molecular weight excluding hydrogens is 348 g/mol. The van der Waals surface area contributed by atoms with Crippen LogP contribution in [0.3, 0.4) is 0 Å². The standard InChI is InChI=1S/C20H24N2O3S/c1-11(2)25-13-7-5-12(6-8-13)17-21-18(23)16-14-9-20(3,4)24-10-15(14)26-19(16)22-17/h5-8,11,17,22H,9-10H2,1-4H3,(H,21,23)/t17-/m0/s1. The molecule has 3 heterocycles. The number of hydrogen-bond acceptors (Lipinski definition) is 5. The van der Waals surface area contributed by atoms with E-state index in [4.69, 9.17) is 9.47 Å². The number of anilines is 1. The minimum Gasteiger partial charge on any atom is -0.491 e. The molecule has 1 aromatic carbocycles. The van der Waals surface area contributed by atoms with Gasteiger partial charge in [0, 0.05) is 11.3 Å². The van der Waals surface area contributed by atoms with Crippen molar-refractivity contribution in [1.82, 2.24) is 5.32 Å². The van der Waals surface area contributed by atoms with Crippen LogP contribution in [-0.2, 0) is 17.8 Å². The van der Waals surface area contributed by atoms with Crippen molar-refractivity contribution in [2.75, 3.05) is 5.32 Å². The van der Waals surface area contributed by atoms with E-state index in [9.17, 15) is 4.79 Å². The summed E-state index contributed by atoms with van der Waals surface area (Å²) in [5.74, 6) is 0.819. The van der Waals surface area contributed by atoms with Crippen molar-refractivity contribution < 1.29 is 14.3 Å². The van der Waals surface area contributed by atoms with Gasteiger partial charge in [-0.1, -0.05) is 12.1 Å². The first-order valence-electron chi connectivity index (χ1n) is 8.95. The van der Waals surface area contributed by atoms with Crippen molar-refractivity contribution in [3.63, 3.8) is 0 Å². The fourth-order valence-corrected chi connectivity index (χ4v) is 4.60. The SMILES string of the molecule is CC(C)Oc1ccc([C@H]2NC(=O)c3c(sc4c3CC(C)(C)OC4)N2)cc1. The molecule has 0 saturated carbocycles. The summed E-state index contributed by atoms with van der Waals surface area (Å²) in [6.45, 7) is 8.71. The molecule has 2 aliphatic rings. The van der Waals surface area contributed by atoms with Crippen molar-refractivity contribution in [2.45, 2.75) is 58.6 Å². The Morgan fingerprint density at radius 1 is 1.23 bits per heavy atom. The topological polar surface area (TPSA) is 59.6 Å². The highest BCUT2D eigenvalue weighted by molar-refractivity contribution is 7.16. The molecule has 4 rings (SSSR count). The largest absolute Gasteiger partial charge is 0.491 e. The monoisotopic (exact) mass is 372 g/mol. The molecule has 0 saturated heterocycles. The molecule has 0 unspecified atom stereocenters. The van der Waals surface area contributed by atoms with Crippen LogP contribution in [0.5, 0.6) is 5.75 Å². The fourth-order valence-electron chi connectivity index (χ4n) is 3.44. The van der Waals surface area contributed by atoms with Crippen LogP contribution in [0.2, 0.25) is 0 Å². The third kappa shape index (κ3) is 3.19. The Balaban J connectivity index is 1.59. The van der Waals surface area contributed by atoms with E-state index in [-0.39, 0.29) is 23.8 Å². The van der Waals surface area contributed by atoms with E-state index in [0.717, 1.165) is 38.7 Å². The molecule has 0 fully saturated rings. The number of nitrogens with one attached hydrogen (secondary N) is 2. The van der Waals surface area contributed by atoms with Crippen LogP contribution in [0.15, 0.2) is 24.3 Å². The highest BCUT2D eigenvalue weighted by Gasteiger charge is 2.36. The molecule has 26 heavy (non-hydrogen) atoms. The van der Waals surface area contributed by atoms with Gasteiger partial charge in [0.2, 0.25) is 0 Å². The van der Waals surface area contributed by atoms with Gasteiger partial charge in [-0.05, 0) is 51.0 Å². The molecule has 2 N–H and O–H groups in total. The molecule has 0 radical (unpaired) electrons. The second kappa shape index (κ2) is 6.28. The van der Waals surface area contributed by atoms with Crippen LogP contribution in [0.4, 0.5) is 5.00 Å². The Hall–Kier alpha value is -2.05. The number of amides is 1. The van der Waals surface area contributed by atoms with Gasteiger partial charge in [0.1, 0.15) is 16.9 Å². The number of carbonyl (C=O) groups excluding carboxylic acids is 1. The van der Waals surface area contributed by atoms with E-state index in [1.54, 1.807) is 11.3 Å². The summed E-state index contributed by atoms with van der Waals surface area (Å²) in [6.07, 6.45) is 0.659. The number of ether oxygens (including phenoxy) is 2. The summed E-state index contributed by atoms with van der Waals surface area (Å²) in [5, 5.41) is 7.50. The summed E-state index contributed by atoms with van der Waals surface area (Å²) < 4.78 is 11.6. The van der Waals surface area contributed by atoms with E-state index in [1.165, 1.54) is 0 Å². The van der Waals surface area contributed by atoms with Crippen molar-refractivity contribution in [2.24, 2.45) is 0 Å². The number of hydrogen-bond donors (Lipinski definition) is 2. The lowest BCUT2D eigenvalue weighted by Gasteiger charge is -2.31. The smallest absolute Gasteiger partial charge is 0.256 e. The summed E-state index contributed by atoms with van der Waals surface area (Å²) in [7, 11) is 0. The Morgan fingerprint density at radius 2 is 1.96 bits per heavy atom. The van der Waals surface area contributed by atoms with Crippen LogP contribution in [0.1, 0.15) is 60.2 Å². The highest BCUT2D eigenvalue weighted by atomic mass is 32.1. The normalized spacial score (nSPS) is 20.8. The van der Waals surface area contributed by atoms with Gasteiger partial charge in [-0.2, -0.15) is 0 Å². The number of fused-ring (bicyclic) bond motifs is 3. The molecule has 2 aromatic rings. The van der Waals surface area contributed by atoms with Gasteiger partial charge in [-0.15, -0.1) is 11.3 Å². The minimum atomic E-state index is -0.239. The van der Waals surface area contributed by atoms with Gasteiger partial charge in [0.25, 0.3) is 5.91 Å². The lowest BCUT2D eigenvalue weighted by atomic mass is 9.92. The predicted octanol–water partition coefficient (Wildman–Crippen LogP) is 4.24. The number of rotatable bonds is 3. The molecule has 1 amide bonds. The van der Waals surface area contributed by atoms with Crippen LogP contribution >= 0.6 is 11.3 Å². The van der Waals surface area contributed by atoms with E-state index in [0.29, 0.717) is 6.61 Å².